The van der Waals surface area contributed by atoms with Crippen LogP contribution in [0.2, 0.25) is 0 Å². The minimum Gasteiger partial charge on any atom is -0.356 e. The van der Waals surface area contributed by atoms with E-state index in [0.717, 1.165) is 11.3 Å². The lowest BCUT2D eigenvalue weighted by Gasteiger charge is -2.38. The van der Waals surface area contributed by atoms with Crippen molar-refractivity contribution in [3.05, 3.63) is 59.8 Å². The molecule has 2 atom stereocenters. The van der Waals surface area contributed by atoms with E-state index >= 15 is 0 Å². The number of hydrogen-bond acceptors (Lipinski definition) is 4. The second-order valence-electron chi connectivity index (χ2n) is 5.75. The van der Waals surface area contributed by atoms with Gasteiger partial charge >= 0.3 is 0 Å². The number of aryl methyl sites for hydroxylation is 1. The molecule has 24 heavy (non-hydrogen) atoms. The normalized spacial score (nSPS) is 20.8. The number of rotatable bonds is 3. The zero-order valence-electron chi connectivity index (χ0n) is 13.6. The van der Waals surface area contributed by atoms with Crippen LogP contribution >= 0.6 is 0 Å². The smallest absolute Gasteiger partial charge is 0.257 e. The summed E-state index contributed by atoms with van der Waals surface area (Å²) < 4.78 is 5.56. The summed E-state index contributed by atoms with van der Waals surface area (Å²) in [6.45, 7) is 1.74. The Labute approximate surface area is 140 Å². The summed E-state index contributed by atoms with van der Waals surface area (Å²) in [4.78, 5) is 30.5. The van der Waals surface area contributed by atoms with Gasteiger partial charge in [0.15, 0.2) is 6.10 Å². The molecule has 0 unspecified atom stereocenters. The summed E-state index contributed by atoms with van der Waals surface area (Å²) >= 11 is 0. The van der Waals surface area contributed by atoms with Gasteiger partial charge in [0, 0.05) is 12.7 Å². The predicted octanol–water partition coefficient (Wildman–Crippen LogP) is 1.93. The van der Waals surface area contributed by atoms with E-state index < -0.39 is 12.1 Å². The minimum absolute atomic E-state index is 0.112. The molecule has 1 fully saturated rings. The topological polar surface area (TPSA) is 71.5 Å². The maximum Gasteiger partial charge on any atom is 0.257 e. The number of likely N-dealkylation sites (N-methyl/N-ethyl adjacent to an activating group) is 1. The van der Waals surface area contributed by atoms with Crippen molar-refractivity contribution < 1.29 is 14.3 Å². The second-order valence-corrected chi connectivity index (χ2v) is 5.75. The number of benzene rings is 1. The number of nitrogens with one attached hydrogen (secondary N) is 1. The molecule has 6 heteroatoms. The second kappa shape index (κ2) is 6.80. The zero-order chi connectivity index (χ0) is 17.1. The number of amides is 2. The van der Waals surface area contributed by atoms with E-state index in [1.165, 1.54) is 0 Å². The highest BCUT2D eigenvalue weighted by Crippen LogP contribution is 2.29. The van der Waals surface area contributed by atoms with E-state index in [4.69, 9.17) is 4.74 Å². The number of aromatic nitrogens is 1. The van der Waals surface area contributed by atoms with Gasteiger partial charge in [-0.1, -0.05) is 36.4 Å². The first kappa shape index (κ1) is 16.1. The van der Waals surface area contributed by atoms with Gasteiger partial charge in [0.1, 0.15) is 12.4 Å². The largest absolute Gasteiger partial charge is 0.356 e. The van der Waals surface area contributed by atoms with Crippen molar-refractivity contribution in [2.24, 2.45) is 0 Å². The molecule has 0 saturated carbocycles. The van der Waals surface area contributed by atoms with Gasteiger partial charge in [-0.05, 0) is 24.6 Å². The molecule has 2 heterocycles. The lowest BCUT2D eigenvalue weighted by Crippen LogP contribution is -2.51. The van der Waals surface area contributed by atoms with Crippen LogP contribution in [0.3, 0.4) is 0 Å². The van der Waals surface area contributed by atoms with Crippen LogP contribution in [0.25, 0.3) is 0 Å². The van der Waals surface area contributed by atoms with E-state index in [-0.39, 0.29) is 18.4 Å². The molecule has 1 N–H and O–H groups in total. The third-order valence-corrected chi connectivity index (χ3v) is 4.02. The molecular weight excluding hydrogens is 306 g/mol. The maximum absolute atomic E-state index is 12.7. The SMILES string of the molecule is Cc1cccc(NC(=O)[C@H]2OCC(=O)N(C)[C@H]2c2ccccc2)n1. The highest BCUT2D eigenvalue weighted by molar-refractivity contribution is 5.95. The summed E-state index contributed by atoms with van der Waals surface area (Å²) in [5, 5.41) is 2.77. The molecule has 1 aromatic carbocycles. The third-order valence-electron chi connectivity index (χ3n) is 4.02. The number of pyridine rings is 1. The first-order chi connectivity index (χ1) is 11.6. The van der Waals surface area contributed by atoms with Gasteiger partial charge in [0.2, 0.25) is 5.91 Å². The van der Waals surface area contributed by atoms with Gasteiger partial charge in [-0.15, -0.1) is 0 Å². The van der Waals surface area contributed by atoms with Crippen LogP contribution in [-0.4, -0.2) is 41.5 Å². The number of carbonyl (C=O) groups excluding carboxylic acids is 2. The highest BCUT2D eigenvalue weighted by atomic mass is 16.5. The monoisotopic (exact) mass is 325 g/mol. The van der Waals surface area contributed by atoms with Crippen molar-refractivity contribution in [3.63, 3.8) is 0 Å². The molecule has 0 radical (unpaired) electrons. The van der Waals surface area contributed by atoms with E-state index in [0.29, 0.717) is 5.82 Å². The average molecular weight is 325 g/mol. The number of carbonyl (C=O) groups is 2. The Morgan fingerprint density at radius 1 is 1.21 bits per heavy atom. The van der Waals surface area contributed by atoms with Crippen molar-refractivity contribution in [1.82, 2.24) is 9.88 Å². The molecule has 1 aliphatic heterocycles. The highest BCUT2D eigenvalue weighted by Gasteiger charge is 2.40. The summed E-state index contributed by atoms with van der Waals surface area (Å²) in [5.74, 6) is -0.00199. The standard InChI is InChI=1S/C18H19N3O3/c1-12-7-6-10-14(19-12)20-18(23)17-16(13-8-4-3-5-9-13)21(2)15(22)11-24-17/h3-10,16-17H,11H2,1-2H3,(H,19,20,23)/t16-,17-/m0/s1. The van der Waals surface area contributed by atoms with Crippen molar-refractivity contribution in [2.45, 2.75) is 19.1 Å². The van der Waals surface area contributed by atoms with Crippen LogP contribution in [0.15, 0.2) is 48.5 Å². The lowest BCUT2D eigenvalue weighted by atomic mass is 9.97. The van der Waals surface area contributed by atoms with Crippen molar-refractivity contribution in [1.29, 1.82) is 0 Å². The van der Waals surface area contributed by atoms with Crippen molar-refractivity contribution >= 4 is 17.6 Å². The number of hydrogen-bond donors (Lipinski definition) is 1. The van der Waals surface area contributed by atoms with Crippen molar-refractivity contribution in [3.8, 4) is 0 Å². The summed E-state index contributed by atoms with van der Waals surface area (Å²) in [6.07, 6.45) is -0.794. The Kier molecular flexibility index (Phi) is 4.57. The molecular formula is C18H19N3O3. The van der Waals surface area contributed by atoms with Crippen LogP contribution in [-0.2, 0) is 14.3 Å². The first-order valence-electron chi connectivity index (χ1n) is 7.73. The number of ether oxygens (including phenoxy) is 1. The fraction of sp³-hybridized carbons (Fsp3) is 0.278. The van der Waals surface area contributed by atoms with Crippen molar-refractivity contribution in [2.75, 3.05) is 19.0 Å². The molecule has 0 bridgehead atoms. The Morgan fingerprint density at radius 2 is 1.96 bits per heavy atom. The van der Waals surface area contributed by atoms with E-state index in [9.17, 15) is 9.59 Å². The number of nitrogens with zero attached hydrogens (tertiary/aromatic N) is 2. The summed E-state index contributed by atoms with van der Waals surface area (Å²) in [5.41, 5.74) is 1.66. The predicted molar refractivity (Wildman–Crippen MR) is 89.3 cm³/mol. The molecule has 1 saturated heterocycles. The van der Waals surface area contributed by atoms with Gasteiger partial charge in [-0.2, -0.15) is 0 Å². The van der Waals surface area contributed by atoms with Crippen LogP contribution in [0, 0.1) is 6.92 Å². The van der Waals surface area contributed by atoms with Crippen LogP contribution < -0.4 is 5.32 Å². The Balaban J connectivity index is 1.86. The van der Waals surface area contributed by atoms with E-state index in [1.54, 1.807) is 18.0 Å². The first-order valence-corrected chi connectivity index (χ1v) is 7.73. The molecule has 2 amide bonds. The quantitative estimate of drug-likeness (QED) is 0.936. The van der Waals surface area contributed by atoms with E-state index in [1.807, 2.05) is 49.4 Å². The van der Waals surface area contributed by atoms with Gasteiger partial charge in [0.25, 0.3) is 5.91 Å². The van der Waals surface area contributed by atoms with Crippen LogP contribution in [0.5, 0.6) is 0 Å². The molecule has 0 aliphatic carbocycles. The number of anilines is 1. The third kappa shape index (κ3) is 3.28. The molecule has 3 rings (SSSR count). The lowest BCUT2D eigenvalue weighted by molar-refractivity contribution is -0.160. The molecule has 6 nitrogen and oxygen atoms in total. The molecule has 1 aromatic heterocycles. The summed E-state index contributed by atoms with van der Waals surface area (Å²) in [6, 6.07) is 14.3. The summed E-state index contributed by atoms with van der Waals surface area (Å²) in [7, 11) is 1.69. The Hall–Kier alpha value is -2.73. The van der Waals surface area contributed by atoms with Crippen LogP contribution in [0.4, 0.5) is 5.82 Å². The molecule has 1 aliphatic rings. The zero-order valence-corrected chi connectivity index (χ0v) is 13.6. The fourth-order valence-electron chi connectivity index (χ4n) is 2.79. The van der Waals surface area contributed by atoms with Gasteiger partial charge in [-0.3, -0.25) is 9.59 Å². The van der Waals surface area contributed by atoms with Gasteiger partial charge < -0.3 is 15.0 Å². The minimum atomic E-state index is -0.794. The maximum atomic E-state index is 12.7. The van der Waals surface area contributed by atoms with E-state index in [2.05, 4.69) is 10.3 Å². The Bertz CT molecular complexity index is 748. The molecule has 2 aromatic rings. The average Bonchev–Trinajstić information content (AvgIpc) is 2.58. The van der Waals surface area contributed by atoms with Gasteiger partial charge in [-0.25, -0.2) is 4.98 Å². The number of morpholine rings is 1. The molecule has 124 valence electrons. The molecule has 0 spiro atoms. The fourth-order valence-corrected chi connectivity index (χ4v) is 2.79. The van der Waals surface area contributed by atoms with Crippen LogP contribution in [0.1, 0.15) is 17.3 Å². The van der Waals surface area contributed by atoms with Gasteiger partial charge in [0.05, 0.1) is 6.04 Å². The Morgan fingerprint density at radius 3 is 2.67 bits per heavy atom.